The number of aryl methyl sites for hydroxylation is 1. The zero-order valence-corrected chi connectivity index (χ0v) is 10.4. The first-order chi connectivity index (χ1) is 9.22. The monoisotopic (exact) mass is 259 g/mol. The Morgan fingerprint density at radius 2 is 2.32 bits per heavy atom. The summed E-state index contributed by atoms with van der Waals surface area (Å²) in [6, 6.07) is 0. The topological polar surface area (TPSA) is 107 Å². The molecule has 0 bridgehead atoms. The standard InChI is InChI=1S/C11H13N7O/c1-7-15-9(17-19-7)2-3-13-10-11-14-4-5-18(11)6-8(12)16-10/h4-6H,2-3,12H2,1H3,(H,13,16). The minimum atomic E-state index is 0.434. The maximum absolute atomic E-state index is 5.73. The van der Waals surface area contributed by atoms with Crippen molar-refractivity contribution < 1.29 is 4.52 Å². The number of hydrogen-bond acceptors (Lipinski definition) is 7. The molecule has 0 fully saturated rings. The van der Waals surface area contributed by atoms with Gasteiger partial charge in [-0.15, -0.1) is 0 Å². The first-order valence-corrected chi connectivity index (χ1v) is 5.84. The molecule has 0 aliphatic heterocycles. The van der Waals surface area contributed by atoms with E-state index in [2.05, 4.69) is 25.4 Å². The molecule has 0 amide bonds. The van der Waals surface area contributed by atoms with Crippen LogP contribution in [0.3, 0.4) is 0 Å². The van der Waals surface area contributed by atoms with Gasteiger partial charge < -0.3 is 20.0 Å². The summed E-state index contributed by atoms with van der Waals surface area (Å²) in [4.78, 5) is 12.6. The van der Waals surface area contributed by atoms with Gasteiger partial charge in [-0.05, 0) is 0 Å². The lowest BCUT2D eigenvalue weighted by atomic mass is 10.4. The minimum absolute atomic E-state index is 0.434. The SMILES string of the molecule is Cc1nc(CCNc2nc(N)cn3ccnc23)no1. The van der Waals surface area contributed by atoms with Gasteiger partial charge in [0.25, 0.3) is 0 Å². The molecule has 3 rings (SSSR count). The maximum Gasteiger partial charge on any atom is 0.223 e. The summed E-state index contributed by atoms with van der Waals surface area (Å²) in [6.07, 6.45) is 5.88. The molecule has 19 heavy (non-hydrogen) atoms. The van der Waals surface area contributed by atoms with Crippen molar-refractivity contribution in [1.29, 1.82) is 0 Å². The third kappa shape index (κ3) is 2.32. The first kappa shape index (κ1) is 11.5. The molecular weight excluding hydrogens is 246 g/mol. The van der Waals surface area contributed by atoms with Gasteiger partial charge in [-0.1, -0.05) is 5.16 Å². The van der Waals surface area contributed by atoms with E-state index in [1.807, 2.05) is 10.6 Å². The summed E-state index contributed by atoms with van der Waals surface area (Å²) in [7, 11) is 0. The van der Waals surface area contributed by atoms with Gasteiger partial charge in [-0.25, -0.2) is 9.97 Å². The molecule has 98 valence electrons. The lowest BCUT2D eigenvalue weighted by Gasteiger charge is -2.06. The number of rotatable bonds is 4. The van der Waals surface area contributed by atoms with Crippen LogP contribution in [0.25, 0.3) is 5.65 Å². The molecule has 0 radical (unpaired) electrons. The van der Waals surface area contributed by atoms with E-state index >= 15 is 0 Å². The van der Waals surface area contributed by atoms with Crippen molar-refractivity contribution in [3.63, 3.8) is 0 Å². The summed E-state index contributed by atoms with van der Waals surface area (Å²) in [5.41, 5.74) is 6.47. The zero-order chi connectivity index (χ0) is 13.2. The van der Waals surface area contributed by atoms with Crippen LogP contribution in [-0.2, 0) is 6.42 Å². The van der Waals surface area contributed by atoms with Crippen molar-refractivity contribution in [3.05, 3.63) is 30.3 Å². The number of anilines is 2. The van der Waals surface area contributed by atoms with Gasteiger partial charge in [0.05, 0.1) is 6.20 Å². The second kappa shape index (κ2) is 4.56. The van der Waals surface area contributed by atoms with Crippen LogP contribution < -0.4 is 11.1 Å². The Bertz CT molecular complexity index is 702. The Hall–Kier alpha value is -2.64. The zero-order valence-electron chi connectivity index (χ0n) is 10.4. The molecule has 8 heteroatoms. The number of fused-ring (bicyclic) bond motifs is 1. The van der Waals surface area contributed by atoms with Gasteiger partial charge in [0.2, 0.25) is 5.89 Å². The Balaban J connectivity index is 1.73. The van der Waals surface area contributed by atoms with Crippen LogP contribution in [0.1, 0.15) is 11.7 Å². The van der Waals surface area contributed by atoms with E-state index in [1.54, 1.807) is 19.3 Å². The Morgan fingerprint density at radius 3 is 3.11 bits per heavy atom. The van der Waals surface area contributed by atoms with Gasteiger partial charge in [-0.3, -0.25) is 0 Å². The lowest BCUT2D eigenvalue weighted by Crippen LogP contribution is -2.10. The molecule has 0 atom stereocenters. The average Bonchev–Trinajstić information content (AvgIpc) is 2.98. The number of imidazole rings is 1. The molecular formula is C11H13N7O. The summed E-state index contributed by atoms with van der Waals surface area (Å²) < 4.78 is 6.73. The van der Waals surface area contributed by atoms with Crippen molar-refractivity contribution in [2.75, 3.05) is 17.6 Å². The van der Waals surface area contributed by atoms with Crippen LogP contribution in [0.2, 0.25) is 0 Å². The highest BCUT2D eigenvalue weighted by atomic mass is 16.5. The third-order valence-electron chi connectivity index (χ3n) is 2.60. The average molecular weight is 259 g/mol. The Kier molecular flexibility index (Phi) is 2.75. The third-order valence-corrected chi connectivity index (χ3v) is 2.60. The van der Waals surface area contributed by atoms with Gasteiger partial charge in [0, 0.05) is 32.3 Å². The van der Waals surface area contributed by atoms with E-state index in [9.17, 15) is 0 Å². The maximum atomic E-state index is 5.73. The molecule has 3 aromatic rings. The molecule has 0 spiro atoms. The highest BCUT2D eigenvalue weighted by Crippen LogP contribution is 2.14. The number of nitrogens with zero attached hydrogens (tertiary/aromatic N) is 5. The number of nitrogens with two attached hydrogens (primary N) is 1. The lowest BCUT2D eigenvalue weighted by molar-refractivity contribution is 0.387. The van der Waals surface area contributed by atoms with E-state index in [0.29, 0.717) is 36.3 Å². The molecule has 8 nitrogen and oxygen atoms in total. The van der Waals surface area contributed by atoms with Crippen LogP contribution in [0.4, 0.5) is 11.6 Å². The van der Waals surface area contributed by atoms with E-state index < -0.39 is 0 Å². The normalized spacial score (nSPS) is 11.0. The van der Waals surface area contributed by atoms with Crippen molar-refractivity contribution >= 4 is 17.3 Å². The van der Waals surface area contributed by atoms with Crippen LogP contribution in [0.15, 0.2) is 23.1 Å². The first-order valence-electron chi connectivity index (χ1n) is 5.84. The molecule has 3 N–H and O–H groups in total. The molecule has 0 aliphatic rings. The number of nitrogens with one attached hydrogen (secondary N) is 1. The Morgan fingerprint density at radius 1 is 1.42 bits per heavy atom. The molecule has 3 aromatic heterocycles. The summed E-state index contributed by atoms with van der Waals surface area (Å²) >= 11 is 0. The summed E-state index contributed by atoms with van der Waals surface area (Å²) in [5.74, 6) is 2.30. The predicted octanol–water partition coefficient (Wildman–Crippen LogP) is 0.658. The van der Waals surface area contributed by atoms with E-state index in [-0.39, 0.29) is 0 Å². The predicted molar refractivity (Wildman–Crippen MR) is 68.6 cm³/mol. The molecule has 0 unspecified atom stereocenters. The van der Waals surface area contributed by atoms with Crippen molar-refractivity contribution in [2.45, 2.75) is 13.3 Å². The van der Waals surface area contributed by atoms with Gasteiger partial charge >= 0.3 is 0 Å². The summed E-state index contributed by atoms with van der Waals surface area (Å²) in [6.45, 7) is 2.38. The van der Waals surface area contributed by atoms with E-state index in [0.717, 1.165) is 5.65 Å². The van der Waals surface area contributed by atoms with Crippen LogP contribution in [0, 0.1) is 6.92 Å². The van der Waals surface area contributed by atoms with E-state index in [4.69, 9.17) is 10.3 Å². The fourth-order valence-electron chi connectivity index (χ4n) is 1.81. The fourth-order valence-corrected chi connectivity index (χ4v) is 1.81. The summed E-state index contributed by atoms with van der Waals surface area (Å²) in [5, 5.41) is 7.00. The molecule has 0 aromatic carbocycles. The molecule has 3 heterocycles. The second-order valence-electron chi connectivity index (χ2n) is 4.08. The number of hydrogen-bond donors (Lipinski definition) is 2. The van der Waals surface area contributed by atoms with Gasteiger partial charge in [0.15, 0.2) is 17.3 Å². The highest BCUT2D eigenvalue weighted by molar-refractivity contribution is 5.64. The van der Waals surface area contributed by atoms with Crippen LogP contribution in [0.5, 0.6) is 0 Å². The van der Waals surface area contributed by atoms with Crippen LogP contribution in [-0.4, -0.2) is 31.1 Å². The fraction of sp³-hybridized carbons (Fsp3) is 0.273. The molecule has 0 saturated carbocycles. The number of aromatic nitrogens is 5. The van der Waals surface area contributed by atoms with Crippen molar-refractivity contribution in [1.82, 2.24) is 24.5 Å². The van der Waals surface area contributed by atoms with Gasteiger partial charge in [0.1, 0.15) is 5.82 Å². The highest BCUT2D eigenvalue weighted by Gasteiger charge is 2.07. The molecule has 0 aliphatic carbocycles. The van der Waals surface area contributed by atoms with Crippen LogP contribution >= 0.6 is 0 Å². The van der Waals surface area contributed by atoms with E-state index in [1.165, 1.54) is 0 Å². The largest absolute Gasteiger partial charge is 0.382 e. The minimum Gasteiger partial charge on any atom is -0.382 e. The van der Waals surface area contributed by atoms with Crippen molar-refractivity contribution in [2.24, 2.45) is 0 Å². The number of nitrogen functional groups attached to an aromatic ring is 1. The smallest absolute Gasteiger partial charge is 0.223 e. The van der Waals surface area contributed by atoms with Gasteiger partial charge in [-0.2, -0.15) is 4.98 Å². The second-order valence-corrected chi connectivity index (χ2v) is 4.08. The Labute approximate surface area is 108 Å². The quantitative estimate of drug-likeness (QED) is 0.708. The molecule has 0 saturated heterocycles. The van der Waals surface area contributed by atoms with Crippen molar-refractivity contribution in [3.8, 4) is 0 Å².